The van der Waals surface area contributed by atoms with Crippen molar-refractivity contribution in [3.63, 3.8) is 0 Å². The molecule has 1 aromatic carbocycles. The van der Waals surface area contributed by atoms with Crippen LogP contribution in [0.5, 0.6) is 11.5 Å². The first-order chi connectivity index (χ1) is 6.97. The van der Waals surface area contributed by atoms with Gasteiger partial charge in [0.05, 0.1) is 13.0 Å². The van der Waals surface area contributed by atoms with Crippen molar-refractivity contribution < 1.29 is 19.7 Å². The molecule has 0 aliphatic carbocycles. The Morgan fingerprint density at radius 1 is 1.53 bits per heavy atom. The Bertz CT molecular complexity index is 389. The van der Waals surface area contributed by atoms with Crippen LogP contribution < -0.4 is 4.74 Å². The zero-order chi connectivity index (χ0) is 11.6. The first kappa shape index (κ1) is 11.7. The molecule has 0 heterocycles. The van der Waals surface area contributed by atoms with E-state index in [0.717, 1.165) is 0 Å². The number of aromatic hydroxyl groups is 1. The number of methoxy groups -OCH3 is 1. The predicted molar refractivity (Wildman–Crippen MR) is 55.7 cm³/mol. The molecule has 0 saturated heterocycles. The third-order valence-electron chi connectivity index (χ3n) is 2.13. The topological polar surface area (TPSA) is 66.8 Å². The van der Waals surface area contributed by atoms with Gasteiger partial charge in [-0.05, 0) is 24.6 Å². The standard InChI is InChI=1S/C10H11ClO4/c1-5(10(13)14)6-3-7(12)9(11)8(4-6)15-2/h3-5,12H,1-2H3,(H,13,14). The molecular weight excluding hydrogens is 220 g/mol. The molecule has 0 aromatic heterocycles. The van der Waals surface area contributed by atoms with Crippen molar-refractivity contribution in [2.24, 2.45) is 0 Å². The lowest BCUT2D eigenvalue weighted by molar-refractivity contribution is -0.138. The minimum Gasteiger partial charge on any atom is -0.506 e. The van der Waals surface area contributed by atoms with Crippen LogP contribution in [0.4, 0.5) is 0 Å². The number of hydrogen-bond donors (Lipinski definition) is 2. The van der Waals surface area contributed by atoms with E-state index in [2.05, 4.69) is 0 Å². The van der Waals surface area contributed by atoms with Crippen LogP contribution in [0, 0.1) is 0 Å². The number of hydrogen-bond acceptors (Lipinski definition) is 3. The molecular formula is C10H11ClO4. The highest BCUT2D eigenvalue weighted by atomic mass is 35.5. The van der Waals surface area contributed by atoms with Crippen molar-refractivity contribution in [1.29, 1.82) is 0 Å². The summed E-state index contributed by atoms with van der Waals surface area (Å²) in [5.74, 6) is -1.61. The Morgan fingerprint density at radius 2 is 2.13 bits per heavy atom. The van der Waals surface area contributed by atoms with Gasteiger partial charge in [-0.15, -0.1) is 0 Å². The van der Waals surface area contributed by atoms with E-state index < -0.39 is 11.9 Å². The molecule has 1 unspecified atom stereocenters. The summed E-state index contributed by atoms with van der Waals surface area (Å²) in [7, 11) is 1.40. The highest BCUT2D eigenvalue weighted by Crippen LogP contribution is 2.36. The van der Waals surface area contributed by atoms with Crippen molar-refractivity contribution in [3.05, 3.63) is 22.7 Å². The lowest BCUT2D eigenvalue weighted by atomic mass is 10.0. The SMILES string of the molecule is COc1cc(C(C)C(=O)O)cc(O)c1Cl. The summed E-state index contributed by atoms with van der Waals surface area (Å²) >= 11 is 5.73. The molecule has 0 spiro atoms. The quantitative estimate of drug-likeness (QED) is 0.836. The van der Waals surface area contributed by atoms with Crippen LogP contribution in [0.3, 0.4) is 0 Å². The van der Waals surface area contributed by atoms with Gasteiger partial charge in [-0.1, -0.05) is 11.6 Å². The molecule has 0 amide bonds. The number of phenolic OH excluding ortho intramolecular Hbond substituents is 1. The van der Waals surface area contributed by atoms with Crippen LogP contribution in [0.15, 0.2) is 12.1 Å². The highest BCUT2D eigenvalue weighted by molar-refractivity contribution is 6.33. The maximum absolute atomic E-state index is 10.7. The van der Waals surface area contributed by atoms with Gasteiger partial charge in [0.1, 0.15) is 16.5 Å². The third kappa shape index (κ3) is 2.33. The Kier molecular flexibility index (Phi) is 3.42. The molecule has 0 fully saturated rings. The molecule has 4 nitrogen and oxygen atoms in total. The summed E-state index contributed by atoms with van der Waals surface area (Å²) in [5.41, 5.74) is 0.446. The van der Waals surface area contributed by atoms with E-state index in [1.54, 1.807) is 0 Å². The number of benzene rings is 1. The average Bonchev–Trinajstić information content (AvgIpc) is 2.20. The fraction of sp³-hybridized carbons (Fsp3) is 0.300. The second-order valence-corrected chi connectivity index (χ2v) is 3.49. The Labute approximate surface area is 92.1 Å². The van der Waals surface area contributed by atoms with Gasteiger partial charge in [0.2, 0.25) is 0 Å². The maximum Gasteiger partial charge on any atom is 0.310 e. The zero-order valence-corrected chi connectivity index (χ0v) is 9.08. The van der Waals surface area contributed by atoms with Gasteiger partial charge in [-0.2, -0.15) is 0 Å². The predicted octanol–water partition coefficient (Wildman–Crippen LogP) is 2.24. The molecule has 1 atom stereocenters. The number of carboxylic acid groups (broad SMARTS) is 1. The van der Waals surface area contributed by atoms with E-state index in [0.29, 0.717) is 5.56 Å². The lowest BCUT2D eigenvalue weighted by Crippen LogP contribution is -2.07. The molecule has 0 radical (unpaired) electrons. The van der Waals surface area contributed by atoms with Crippen LogP contribution >= 0.6 is 11.6 Å². The minimum atomic E-state index is -0.973. The van der Waals surface area contributed by atoms with Gasteiger partial charge in [0.25, 0.3) is 0 Å². The van der Waals surface area contributed by atoms with Crippen molar-refractivity contribution in [1.82, 2.24) is 0 Å². The van der Waals surface area contributed by atoms with Crippen LogP contribution in [0.25, 0.3) is 0 Å². The Balaban J connectivity index is 3.22. The summed E-state index contributed by atoms with van der Waals surface area (Å²) in [6.45, 7) is 1.52. The maximum atomic E-state index is 10.7. The number of rotatable bonds is 3. The van der Waals surface area contributed by atoms with E-state index in [1.165, 1.54) is 26.2 Å². The summed E-state index contributed by atoms with van der Waals surface area (Å²) in [5, 5.41) is 18.3. The molecule has 15 heavy (non-hydrogen) atoms. The molecule has 2 N–H and O–H groups in total. The second-order valence-electron chi connectivity index (χ2n) is 3.12. The monoisotopic (exact) mass is 230 g/mol. The number of phenols is 1. The average molecular weight is 231 g/mol. The molecule has 5 heteroatoms. The third-order valence-corrected chi connectivity index (χ3v) is 2.51. The number of carbonyl (C=O) groups is 1. The molecule has 1 aromatic rings. The summed E-state index contributed by atoms with van der Waals surface area (Å²) < 4.78 is 4.91. The van der Waals surface area contributed by atoms with Crippen LogP contribution in [-0.2, 0) is 4.79 Å². The van der Waals surface area contributed by atoms with E-state index >= 15 is 0 Å². The molecule has 1 rings (SSSR count). The van der Waals surface area contributed by atoms with Gasteiger partial charge in [-0.3, -0.25) is 4.79 Å². The molecule has 0 aliphatic rings. The van der Waals surface area contributed by atoms with Gasteiger partial charge < -0.3 is 14.9 Å². The molecule has 0 saturated carbocycles. The fourth-order valence-electron chi connectivity index (χ4n) is 1.14. The van der Waals surface area contributed by atoms with Gasteiger partial charge in [-0.25, -0.2) is 0 Å². The van der Waals surface area contributed by atoms with Crippen molar-refractivity contribution >= 4 is 17.6 Å². The first-order valence-electron chi connectivity index (χ1n) is 4.26. The highest BCUT2D eigenvalue weighted by Gasteiger charge is 2.17. The second kappa shape index (κ2) is 4.40. The summed E-state index contributed by atoms with van der Waals surface area (Å²) in [4.78, 5) is 10.7. The van der Waals surface area contributed by atoms with E-state index in [4.69, 9.17) is 21.4 Å². The summed E-state index contributed by atoms with van der Waals surface area (Å²) in [6.07, 6.45) is 0. The Morgan fingerprint density at radius 3 is 2.60 bits per heavy atom. The number of halogens is 1. The van der Waals surface area contributed by atoms with E-state index in [9.17, 15) is 9.90 Å². The number of aliphatic carboxylic acids is 1. The molecule has 0 aliphatic heterocycles. The van der Waals surface area contributed by atoms with Crippen LogP contribution in [-0.4, -0.2) is 23.3 Å². The smallest absolute Gasteiger partial charge is 0.310 e. The van der Waals surface area contributed by atoms with Gasteiger partial charge >= 0.3 is 5.97 Å². The van der Waals surface area contributed by atoms with Gasteiger partial charge in [0, 0.05) is 0 Å². The fourth-order valence-corrected chi connectivity index (χ4v) is 1.33. The van der Waals surface area contributed by atoms with Crippen LogP contribution in [0.2, 0.25) is 5.02 Å². The zero-order valence-electron chi connectivity index (χ0n) is 8.32. The van der Waals surface area contributed by atoms with E-state index in [1.807, 2.05) is 0 Å². The lowest BCUT2D eigenvalue weighted by Gasteiger charge is -2.11. The normalized spacial score (nSPS) is 12.2. The first-order valence-corrected chi connectivity index (χ1v) is 4.64. The van der Waals surface area contributed by atoms with Crippen LogP contribution in [0.1, 0.15) is 18.4 Å². The largest absolute Gasteiger partial charge is 0.506 e. The minimum absolute atomic E-state index is 0.0823. The number of ether oxygens (including phenoxy) is 1. The van der Waals surface area contributed by atoms with Crippen molar-refractivity contribution in [2.45, 2.75) is 12.8 Å². The van der Waals surface area contributed by atoms with E-state index in [-0.39, 0.29) is 16.5 Å². The molecule has 0 bridgehead atoms. The summed E-state index contributed by atoms with van der Waals surface area (Å²) in [6, 6.07) is 2.82. The molecule has 82 valence electrons. The Hall–Kier alpha value is -1.42. The van der Waals surface area contributed by atoms with Crippen molar-refractivity contribution in [2.75, 3.05) is 7.11 Å². The van der Waals surface area contributed by atoms with Gasteiger partial charge in [0.15, 0.2) is 0 Å². The van der Waals surface area contributed by atoms with Crippen molar-refractivity contribution in [3.8, 4) is 11.5 Å². The number of carboxylic acids is 1.